The molecular formula is C18H36N4. The highest BCUT2D eigenvalue weighted by Crippen LogP contribution is 2.30. The molecule has 3 aliphatic heterocycles. The molecule has 22 heavy (non-hydrogen) atoms. The Morgan fingerprint density at radius 3 is 0.955 bits per heavy atom. The van der Waals surface area contributed by atoms with Crippen LogP contribution in [0.5, 0.6) is 0 Å². The van der Waals surface area contributed by atoms with Crippen LogP contribution in [0.4, 0.5) is 0 Å². The number of rotatable bonds is 3. The zero-order valence-electron chi connectivity index (χ0n) is 15.0. The molecule has 0 N–H and O–H groups in total. The second-order valence-corrected chi connectivity index (χ2v) is 8.05. The van der Waals surface area contributed by atoms with E-state index in [-0.39, 0.29) is 0 Å². The van der Waals surface area contributed by atoms with E-state index in [0.29, 0.717) is 0 Å². The maximum absolute atomic E-state index is 3.02. The van der Waals surface area contributed by atoms with Crippen molar-refractivity contribution in [3.8, 4) is 0 Å². The molecule has 0 amide bonds. The lowest BCUT2D eigenvalue weighted by Gasteiger charge is -2.49. The standard InChI is InChI=1S/C18H36N4/c1-19-10-4-16(5-11-19)22(17-6-12-20(2)13-7-17)18-8-14-21(3)15-9-18/h16-18H,4-15H2,1-3H3. The van der Waals surface area contributed by atoms with E-state index < -0.39 is 0 Å². The Balaban J connectivity index is 1.67. The second-order valence-electron chi connectivity index (χ2n) is 8.05. The Morgan fingerprint density at radius 2 is 0.727 bits per heavy atom. The van der Waals surface area contributed by atoms with E-state index in [1.54, 1.807) is 0 Å². The molecule has 0 aliphatic carbocycles. The fraction of sp³-hybridized carbons (Fsp3) is 1.00. The molecule has 0 aromatic heterocycles. The number of hydrogen-bond donors (Lipinski definition) is 0. The normalized spacial score (nSPS) is 29.5. The molecule has 3 aliphatic rings. The summed E-state index contributed by atoms with van der Waals surface area (Å²) in [6.45, 7) is 7.75. The molecule has 0 unspecified atom stereocenters. The largest absolute Gasteiger partial charge is 0.306 e. The van der Waals surface area contributed by atoms with Crippen LogP contribution in [0.2, 0.25) is 0 Å². The van der Waals surface area contributed by atoms with E-state index in [0.717, 1.165) is 18.1 Å². The molecule has 0 saturated carbocycles. The lowest BCUT2D eigenvalue weighted by Crippen LogP contribution is -2.57. The van der Waals surface area contributed by atoms with Crippen LogP contribution in [-0.2, 0) is 0 Å². The first-order valence-corrected chi connectivity index (χ1v) is 9.46. The number of likely N-dealkylation sites (tertiary alicyclic amines) is 3. The van der Waals surface area contributed by atoms with Crippen molar-refractivity contribution in [2.45, 2.75) is 56.7 Å². The minimum absolute atomic E-state index is 0.845. The SMILES string of the molecule is CN1CCC(N(C2CCN(C)CC2)C2CCN(C)CC2)CC1. The maximum atomic E-state index is 3.02. The summed E-state index contributed by atoms with van der Waals surface area (Å²) in [5, 5.41) is 0. The number of piperidine rings is 3. The van der Waals surface area contributed by atoms with E-state index in [1.165, 1.54) is 77.8 Å². The van der Waals surface area contributed by atoms with Crippen molar-refractivity contribution < 1.29 is 0 Å². The first kappa shape index (κ1) is 16.7. The van der Waals surface area contributed by atoms with E-state index in [1.807, 2.05) is 0 Å². The molecule has 3 heterocycles. The van der Waals surface area contributed by atoms with Gasteiger partial charge in [-0.15, -0.1) is 0 Å². The molecule has 3 saturated heterocycles. The molecule has 0 aromatic carbocycles. The van der Waals surface area contributed by atoms with Crippen molar-refractivity contribution >= 4 is 0 Å². The van der Waals surface area contributed by atoms with Crippen LogP contribution in [0.3, 0.4) is 0 Å². The van der Waals surface area contributed by atoms with Gasteiger partial charge in [-0.05, 0) is 98.9 Å². The molecule has 128 valence electrons. The third kappa shape index (κ3) is 4.02. The molecule has 4 nitrogen and oxygen atoms in total. The van der Waals surface area contributed by atoms with Crippen molar-refractivity contribution in [2.24, 2.45) is 0 Å². The van der Waals surface area contributed by atoms with Gasteiger partial charge in [-0.2, -0.15) is 0 Å². The summed E-state index contributed by atoms with van der Waals surface area (Å²) in [5.41, 5.74) is 0. The average Bonchev–Trinajstić information content (AvgIpc) is 2.53. The Morgan fingerprint density at radius 1 is 0.500 bits per heavy atom. The Kier molecular flexibility index (Phi) is 5.77. The minimum atomic E-state index is 0.845. The zero-order chi connectivity index (χ0) is 15.5. The highest BCUT2D eigenvalue weighted by atomic mass is 15.3. The quantitative estimate of drug-likeness (QED) is 0.784. The topological polar surface area (TPSA) is 13.0 Å². The van der Waals surface area contributed by atoms with E-state index >= 15 is 0 Å². The van der Waals surface area contributed by atoms with Gasteiger partial charge in [-0.1, -0.05) is 0 Å². The predicted molar refractivity (Wildman–Crippen MR) is 93.4 cm³/mol. The van der Waals surface area contributed by atoms with Gasteiger partial charge < -0.3 is 14.7 Å². The molecular weight excluding hydrogens is 272 g/mol. The molecule has 0 bridgehead atoms. The van der Waals surface area contributed by atoms with Crippen molar-refractivity contribution in [2.75, 3.05) is 60.4 Å². The second kappa shape index (κ2) is 7.61. The first-order chi connectivity index (χ1) is 10.6. The molecule has 3 rings (SSSR count). The zero-order valence-corrected chi connectivity index (χ0v) is 15.0. The Labute approximate surface area is 137 Å². The van der Waals surface area contributed by atoms with Crippen LogP contribution >= 0.6 is 0 Å². The summed E-state index contributed by atoms with van der Waals surface area (Å²) in [7, 11) is 6.85. The van der Waals surface area contributed by atoms with Gasteiger partial charge in [0.2, 0.25) is 0 Å². The fourth-order valence-electron chi connectivity index (χ4n) is 4.77. The van der Waals surface area contributed by atoms with Crippen LogP contribution in [0.15, 0.2) is 0 Å². The summed E-state index contributed by atoms with van der Waals surface area (Å²) in [6.07, 6.45) is 8.30. The monoisotopic (exact) mass is 308 g/mol. The van der Waals surface area contributed by atoms with Crippen molar-refractivity contribution in [3.05, 3.63) is 0 Å². The van der Waals surface area contributed by atoms with Gasteiger partial charge in [0.15, 0.2) is 0 Å². The molecule has 3 fully saturated rings. The van der Waals surface area contributed by atoms with Gasteiger partial charge in [0.25, 0.3) is 0 Å². The third-order valence-corrected chi connectivity index (χ3v) is 6.33. The third-order valence-electron chi connectivity index (χ3n) is 6.33. The van der Waals surface area contributed by atoms with Crippen LogP contribution in [-0.4, -0.2) is 98.1 Å². The van der Waals surface area contributed by atoms with E-state index in [4.69, 9.17) is 0 Å². The van der Waals surface area contributed by atoms with Crippen LogP contribution in [0.25, 0.3) is 0 Å². The average molecular weight is 309 g/mol. The molecule has 0 spiro atoms. The Hall–Kier alpha value is -0.160. The van der Waals surface area contributed by atoms with Crippen molar-refractivity contribution in [3.63, 3.8) is 0 Å². The van der Waals surface area contributed by atoms with Crippen molar-refractivity contribution in [1.82, 2.24) is 19.6 Å². The van der Waals surface area contributed by atoms with E-state index in [9.17, 15) is 0 Å². The van der Waals surface area contributed by atoms with Gasteiger partial charge in [0.05, 0.1) is 0 Å². The van der Waals surface area contributed by atoms with Crippen LogP contribution < -0.4 is 0 Å². The number of nitrogens with zero attached hydrogens (tertiary/aromatic N) is 4. The molecule has 0 atom stereocenters. The smallest absolute Gasteiger partial charge is 0.0125 e. The first-order valence-electron chi connectivity index (χ1n) is 9.46. The summed E-state index contributed by atoms with van der Waals surface area (Å²) >= 11 is 0. The maximum Gasteiger partial charge on any atom is 0.0125 e. The van der Waals surface area contributed by atoms with Gasteiger partial charge >= 0.3 is 0 Å². The highest BCUT2D eigenvalue weighted by Gasteiger charge is 2.36. The van der Waals surface area contributed by atoms with Gasteiger partial charge in [0, 0.05) is 18.1 Å². The van der Waals surface area contributed by atoms with Gasteiger partial charge in [-0.3, -0.25) is 4.90 Å². The summed E-state index contributed by atoms with van der Waals surface area (Å²) in [4.78, 5) is 10.6. The number of hydrogen-bond acceptors (Lipinski definition) is 4. The molecule has 4 heteroatoms. The van der Waals surface area contributed by atoms with Crippen LogP contribution in [0, 0.1) is 0 Å². The van der Waals surface area contributed by atoms with Crippen molar-refractivity contribution in [1.29, 1.82) is 0 Å². The van der Waals surface area contributed by atoms with E-state index in [2.05, 4.69) is 40.7 Å². The molecule has 0 radical (unpaired) electrons. The summed E-state index contributed by atoms with van der Waals surface area (Å²) in [6, 6.07) is 2.54. The fourth-order valence-corrected chi connectivity index (χ4v) is 4.77. The minimum Gasteiger partial charge on any atom is -0.306 e. The summed E-state index contributed by atoms with van der Waals surface area (Å²) in [5.74, 6) is 0. The summed E-state index contributed by atoms with van der Waals surface area (Å²) < 4.78 is 0. The Bertz CT molecular complexity index is 272. The van der Waals surface area contributed by atoms with Gasteiger partial charge in [0.1, 0.15) is 0 Å². The molecule has 0 aromatic rings. The lowest BCUT2D eigenvalue weighted by molar-refractivity contribution is -0.00468. The van der Waals surface area contributed by atoms with Crippen LogP contribution in [0.1, 0.15) is 38.5 Å². The van der Waals surface area contributed by atoms with Gasteiger partial charge in [-0.25, -0.2) is 0 Å². The highest BCUT2D eigenvalue weighted by molar-refractivity contribution is 4.92. The predicted octanol–water partition coefficient (Wildman–Crippen LogP) is 1.57. The lowest BCUT2D eigenvalue weighted by atomic mass is 9.91.